The van der Waals surface area contributed by atoms with Crippen molar-refractivity contribution in [2.75, 3.05) is 13.1 Å². The van der Waals surface area contributed by atoms with Crippen molar-refractivity contribution in [2.45, 2.75) is 70.7 Å². The van der Waals surface area contributed by atoms with Crippen LogP contribution in [-0.4, -0.2) is 37.4 Å². The lowest BCUT2D eigenvalue weighted by molar-refractivity contribution is 0.0816. The van der Waals surface area contributed by atoms with Crippen molar-refractivity contribution in [1.29, 1.82) is 0 Å². The molecule has 0 bridgehead atoms. The van der Waals surface area contributed by atoms with E-state index in [1.165, 1.54) is 51.4 Å². The third kappa shape index (κ3) is 2.65. The number of likely N-dealkylation sites (tertiary alicyclic amines) is 1. The van der Waals surface area contributed by atoms with E-state index < -0.39 is 0 Å². The van der Waals surface area contributed by atoms with Gasteiger partial charge in [-0.3, -0.25) is 9.47 Å². The van der Waals surface area contributed by atoms with Gasteiger partial charge < -0.3 is 5.11 Å². The topological polar surface area (TPSA) is 46.2 Å². The molecule has 0 unspecified atom stereocenters. The molecule has 22 heavy (non-hydrogen) atoms. The molecule has 2 saturated carbocycles. The van der Waals surface area contributed by atoms with Gasteiger partial charge in [-0.1, -0.05) is 12.8 Å². The van der Waals surface area contributed by atoms with Crippen LogP contribution in [0.15, 0.2) is 0 Å². The highest BCUT2D eigenvalue weighted by atomic mass is 32.1. The first-order valence-electron chi connectivity index (χ1n) is 8.72. The molecule has 2 heterocycles. The molecule has 4 rings (SSSR count). The summed E-state index contributed by atoms with van der Waals surface area (Å²) in [6.45, 7) is 3.08. The van der Waals surface area contributed by atoms with Gasteiger partial charge in [0.15, 0.2) is 10.6 Å². The van der Waals surface area contributed by atoms with E-state index >= 15 is 0 Å². The Labute approximate surface area is 136 Å². The Morgan fingerprint density at radius 2 is 1.82 bits per heavy atom. The van der Waals surface area contributed by atoms with Crippen molar-refractivity contribution in [3.63, 3.8) is 0 Å². The zero-order valence-electron chi connectivity index (χ0n) is 13.2. The average molecular weight is 322 g/mol. The summed E-state index contributed by atoms with van der Waals surface area (Å²) < 4.78 is 4.77. The molecule has 0 radical (unpaired) electrons. The van der Waals surface area contributed by atoms with Gasteiger partial charge >= 0.3 is 0 Å². The fraction of sp³-hybridized carbons (Fsp3) is 0.875. The molecular formula is C16H26N4OS. The van der Waals surface area contributed by atoms with Crippen LogP contribution in [0, 0.1) is 10.2 Å². The van der Waals surface area contributed by atoms with Crippen LogP contribution < -0.4 is 0 Å². The smallest absolute Gasteiger partial charge is 0.199 e. The first-order valence-corrected chi connectivity index (χ1v) is 9.13. The maximum atomic E-state index is 9.52. The summed E-state index contributed by atoms with van der Waals surface area (Å²) in [5, 5.41) is 14.1. The van der Waals surface area contributed by atoms with Crippen LogP contribution in [0.25, 0.3) is 0 Å². The van der Waals surface area contributed by atoms with Crippen LogP contribution in [0.2, 0.25) is 0 Å². The molecule has 0 atom stereocenters. The van der Waals surface area contributed by atoms with Crippen LogP contribution in [0.3, 0.4) is 0 Å². The average Bonchev–Trinajstić information content (AvgIpc) is 3.19. The molecular weight excluding hydrogens is 296 g/mol. The maximum absolute atomic E-state index is 9.52. The summed E-state index contributed by atoms with van der Waals surface area (Å²) in [6, 6.07) is 0.478. The van der Waals surface area contributed by atoms with Gasteiger partial charge in [0.1, 0.15) is 6.61 Å². The molecule has 1 aromatic heterocycles. The second kappa shape index (κ2) is 5.73. The van der Waals surface area contributed by atoms with Crippen LogP contribution in [0.5, 0.6) is 0 Å². The minimum atomic E-state index is -0.0176. The first-order chi connectivity index (χ1) is 10.7. The lowest BCUT2D eigenvalue weighted by atomic mass is 9.77. The second-order valence-electron chi connectivity index (χ2n) is 7.42. The third-order valence-electron chi connectivity index (χ3n) is 5.91. The molecule has 2 aliphatic carbocycles. The minimum Gasteiger partial charge on any atom is -0.388 e. The zero-order chi connectivity index (χ0) is 15.2. The lowest BCUT2D eigenvalue weighted by Gasteiger charge is -2.39. The van der Waals surface area contributed by atoms with E-state index in [-0.39, 0.29) is 6.61 Å². The van der Waals surface area contributed by atoms with Gasteiger partial charge in [-0.15, -0.1) is 0 Å². The van der Waals surface area contributed by atoms with Gasteiger partial charge in [-0.2, -0.15) is 5.10 Å². The van der Waals surface area contributed by atoms with Crippen LogP contribution in [0.4, 0.5) is 0 Å². The molecule has 1 aliphatic heterocycles. The Kier molecular flexibility index (Phi) is 3.86. The molecule has 6 heteroatoms. The Bertz CT molecular complexity index is 588. The predicted octanol–water partition coefficient (Wildman–Crippen LogP) is 2.85. The van der Waals surface area contributed by atoms with E-state index in [1.54, 1.807) is 0 Å². The van der Waals surface area contributed by atoms with Crippen molar-refractivity contribution in [1.82, 2.24) is 19.2 Å². The number of nitrogens with zero attached hydrogens (tertiary/aromatic N) is 4. The van der Waals surface area contributed by atoms with Crippen LogP contribution >= 0.6 is 12.2 Å². The van der Waals surface area contributed by atoms with Gasteiger partial charge in [0.25, 0.3) is 0 Å². The van der Waals surface area contributed by atoms with Gasteiger partial charge in [0, 0.05) is 19.1 Å². The standard InChI is InChI=1S/C16H26N4OS/c21-11-14-17-19(15(22)20(14)13-3-4-13)12-18-9-7-16(8-10-18)5-1-2-6-16/h13,21H,1-12H2. The van der Waals surface area contributed by atoms with E-state index in [0.717, 1.165) is 30.4 Å². The van der Waals surface area contributed by atoms with E-state index in [9.17, 15) is 5.11 Å². The Morgan fingerprint density at radius 1 is 1.14 bits per heavy atom. The summed E-state index contributed by atoms with van der Waals surface area (Å²) in [7, 11) is 0. The number of aliphatic hydroxyl groups excluding tert-OH is 1. The van der Waals surface area contributed by atoms with E-state index in [2.05, 4.69) is 14.6 Å². The van der Waals surface area contributed by atoms with Gasteiger partial charge in [0.2, 0.25) is 0 Å². The van der Waals surface area contributed by atoms with Crippen molar-refractivity contribution >= 4 is 12.2 Å². The lowest BCUT2D eigenvalue weighted by Crippen LogP contribution is -2.39. The fourth-order valence-corrected chi connectivity index (χ4v) is 4.70. The molecule has 1 aromatic rings. The SMILES string of the molecule is OCc1nn(CN2CCC3(CCCC3)CC2)c(=S)n1C1CC1. The number of hydrogen-bond donors (Lipinski definition) is 1. The maximum Gasteiger partial charge on any atom is 0.199 e. The summed E-state index contributed by atoms with van der Waals surface area (Å²) in [5.74, 6) is 0.733. The number of hydrogen-bond acceptors (Lipinski definition) is 4. The van der Waals surface area contributed by atoms with Gasteiger partial charge in [-0.25, -0.2) is 4.68 Å². The second-order valence-corrected chi connectivity index (χ2v) is 7.79. The largest absolute Gasteiger partial charge is 0.388 e. The van der Waals surface area contributed by atoms with Crippen LogP contribution in [0.1, 0.15) is 63.2 Å². The molecule has 0 amide bonds. The van der Waals surface area contributed by atoms with Crippen molar-refractivity contribution in [2.24, 2.45) is 5.41 Å². The molecule has 1 spiro atoms. The monoisotopic (exact) mass is 322 g/mol. The predicted molar refractivity (Wildman–Crippen MR) is 87.0 cm³/mol. The molecule has 3 fully saturated rings. The first kappa shape index (κ1) is 14.8. The number of aromatic nitrogens is 3. The number of rotatable bonds is 4. The quantitative estimate of drug-likeness (QED) is 0.866. The van der Waals surface area contributed by atoms with E-state index in [4.69, 9.17) is 12.2 Å². The van der Waals surface area contributed by atoms with Crippen LogP contribution in [-0.2, 0) is 13.3 Å². The molecule has 5 nitrogen and oxygen atoms in total. The molecule has 3 aliphatic rings. The van der Waals surface area contributed by atoms with Gasteiger partial charge in [-0.05, 0) is 56.2 Å². The van der Waals surface area contributed by atoms with Crippen molar-refractivity contribution < 1.29 is 5.11 Å². The number of piperidine rings is 1. The van der Waals surface area contributed by atoms with E-state index in [0.29, 0.717) is 11.5 Å². The summed E-state index contributed by atoms with van der Waals surface area (Å²) in [4.78, 5) is 2.48. The minimum absolute atomic E-state index is 0.0176. The molecule has 1 saturated heterocycles. The van der Waals surface area contributed by atoms with Crippen molar-refractivity contribution in [3.8, 4) is 0 Å². The third-order valence-corrected chi connectivity index (χ3v) is 6.32. The Hall–Kier alpha value is -0.720. The number of aliphatic hydroxyl groups is 1. The van der Waals surface area contributed by atoms with Crippen molar-refractivity contribution in [3.05, 3.63) is 10.6 Å². The van der Waals surface area contributed by atoms with E-state index in [1.807, 2.05) is 4.68 Å². The Balaban J connectivity index is 1.45. The highest BCUT2D eigenvalue weighted by Crippen LogP contribution is 2.46. The summed E-state index contributed by atoms with van der Waals surface area (Å²) in [5.41, 5.74) is 0.654. The molecule has 122 valence electrons. The summed E-state index contributed by atoms with van der Waals surface area (Å²) >= 11 is 5.59. The molecule has 0 aromatic carbocycles. The fourth-order valence-electron chi connectivity index (χ4n) is 4.35. The highest BCUT2D eigenvalue weighted by molar-refractivity contribution is 7.71. The summed E-state index contributed by atoms with van der Waals surface area (Å²) in [6.07, 6.45) is 10.7. The zero-order valence-corrected chi connectivity index (χ0v) is 14.0. The highest BCUT2D eigenvalue weighted by Gasteiger charge is 2.37. The normalized spacial score (nSPS) is 25.1. The van der Waals surface area contributed by atoms with Gasteiger partial charge in [0.05, 0.1) is 6.67 Å². The molecule has 1 N–H and O–H groups in total. The Morgan fingerprint density at radius 3 is 2.41 bits per heavy atom.